The van der Waals surface area contributed by atoms with Crippen molar-refractivity contribution >= 4 is 29.5 Å². The summed E-state index contributed by atoms with van der Waals surface area (Å²) in [6.07, 6.45) is 3.85. The fraction of sp³-hybridized carbons (Fsp3) is 0.850. The second-order valence-electron chi connectivity index (χ2n) is 8.82. The number of thioether (sulfide) groups is 1. The molecule has 0 aromatic rings. The molecule has 3 aliphatic heterocycles. The minimum Gasteiger partial charge on any atom is -0.396 e. The molecule has 3 amide bonds. The Morgan fingerprint density at radius 3 is 2.57 bits per heavy atom. The number of hydrogen-bond acceptors (Lipinski definition) is 5. The number of fused-ring (bicyclic) bond motifs is 1. The molecule has 158 valence electrons. The Labute approximate surface area is 171 Å². The normalized spacial score (nSPS) is 36.1. The lowest BCUT2D eigenvalue weighted by atomic mass is 9.66. The fourth-order valence-electron chi connectivity index (χ4n) is 5.46. The summed E-state index contributed by atoms with van der Waals surface area (Å²) in [7, 11) is 1.62. The van der Waals surface area contributed by atoms with Crippen LogP contribution in [0.3, 0.4) is 0 Å². The standard InChI is InChI=1S/C20H33N3O4S/c1-12(2)22-17(26)15-20-9-8-19(3,28-20)13(16(25)21-4)14(20)18(27)23(15)10-6-5-7-11-24/h12-15,24H,5-11H2,1-4H3,(H,21,25)(H,22,26)/t13-,14+,15?,19+,20?/m1/s1. The van der Waals surface area contributed by atoms with Crippen LogP contribution in [0.15, 0.2) is 0 Å². The number of nitrogens with zero attached hydrogens (tertiary/aromatic N) is 1. The molecule has 8 heteroatoms. The number of hydrogen-bond donors (Lipinski definition) is 3. The molecule has 0 radical (unpaired) electrons. The van der Waals surface area contributed by atoms with E-state index < -0.39 is 22.6 Å². The Hall–Kier alpha value is -1.28. The summed E-state index contributed by atoms with van der Waals surface area (Å²) < 4.78 is -0.835. The number of aliphatic hydroxyl groups excluding tert-OH is 1. The van der Waals surface area contributed by atoms with Gasteiger partial charge in [0, 0.05) is 31.0 Å². The van der Waals surface area contributed by atoms with Crippen molar-refractivity contribution in [3.8, 4) is 0 Å². The lowest BCUT2D eigenvalue weighted by Gasteiger charge is -2.35. The van der Waals surface area contributed by atoms with Gasteiger partial charge in [-0.25, -0.2) is 0 Å². The summed E-state index contributed by atoms with van der Waals surface area (Å²) in [5, 5.41) is 14.8. The highest BCUT2D eigenvalue weighted by molar-refractivity contribution is 8.02. The van der Waals surface area contributed by atoms with E-state index in [4.69, 9.17) is 5.11 Å². The molecule has 0 aromatic heterocycles. The number of likely N-dealkylation sites (tertiary alicyclic amines) is 1. The molecule has 3 aliphatic rings. The molecule has 2 bridgehead atoms. The zero-order chi connectivity index (χ0) is 20.7. The van der Waals surface area contributed by atoms with Crippen LogP contribution in [0, 0.1) is 11.8 Å². The highest BCUT2D eigenvalue weighted by atomic mass is 32.2. The summed E-state index contributed by atoms with van der Waals surface area (Å²) in [6.45, 7) is 6.53. The molecule has 5 atom stereocenters. The highest BCUT2D eigenvalue weighted by Crippen LogP contribution is 2.71. The van der Waals surface area contributed by atoms with Gasteiger partial charge in [-0.15, -0.1) is 11.8 Å². The molecular formula is C20H33N3O4S. The molecule has 0 aliphatic carbocycles. The van der Waals surface area contributed by atoms with Crippen LogP contribution in [-0.4, -0.2) is 69.5 Å². The largest absolute Gasteiger partial charge is 0.396 e. The summed E-state index contributed by atoms with van der Waals surface area (Å²) in [5.41, 5.74) is 0. The number of rotatable bonds is 8. The van der Waals surface area contributed by atoms with Crippen LogP contribution in [0.1, 0.15) is 52.9 Å². The number of nitrogens with one attached hydrogen (secondary N) is 2. The maximum Gasteiger partial charge on any atom is 0.244 e. The van der Waals surface area contributed by atoms with Gasteiger partial charge in [-0.3, -0.25) is 14.4 Å². The molecular weight excluding hydrogens is 378 g/mol. The summed E-state index contributed by atoms with van der Waals surface area (Å²) in [4.78, 5) is 41.2. The van der Waals surface area contributed by atoms with Crippen LogP contribution in [-0.2, 0) is 14.4 Å². The SMILES string of the molecule is CNC(=O)[C@H]1[C@H]2C(=O)N(CCCCCO)C(C(=O)NC(C)C)C23CC[C@]1(C)S3. The first kappa shape index (κ1) is 21.4. The van der Waals surface area contributed by atoms with Gasteiger partial charge in [0.15, 0.2) is 0 Å². The van der Waals surface area contributed by atoms with E-state index in [1.165, 1.54) is 0 Å². The lowest BCUT2D eigenvalue weighted by Crippen LogP contribution is -2.55. The molecule has 0 aromatic carbocycles. The number of amides is 3. The first-order valence-electron chi connectivity index (χ1n) is 10.4. The number of carbonyl (C=O) groups excluding carboxylic acids is 3. The van der Waals surface area contributed by atoms with Crippen molar-refractivity contribution in [1.29, 1.82) is 0 Å². The van der Waals surface area contributed by atoms with Gasteiger partial charge >= 0.3 is 0 Å². The Balaban J connectivity index is 1.95. The van der Waals surface area contributed by atoms with Gasteiger partial charge in [0.2, 0.25) is 17.7 Å². The Bertz CT molecular complexity index is 657. The van der Waals surface area contributed by atoms with Gasteiger partial charge in [-0.05, 0) is 52.9 Å². The van der Waals surface area contributed by atoms with Gasteiger partial charge in [0.25, 0.3) is 0 Å². The number of unbranched alkanes of at least 4 members (excludes halogenated alkanes) is 2. The molecule has 3 heterocycles. The van der Waals surface area contributed by atoms with Gasteiger partial charge in [-0.1, -0.05) is 0 Å². The van der Waals surface area contributed by atoms with Crippen LogP contribution >= 0.6 is 11.8 Å². The Morgan fingerprint density at radius 1 is 1.25 bits per heavy atom. The predicted octanol–water partition coefficient (Wildman–Crippen LogP) is 0.901. The molecule has 1 spiro atoms. The summed E-state index contributed by atoms with van der Waals surface area (Å²) in [5.74, 6) is -1.11. The quantitative estimate of drug-likeness (QED) is 0.516. The van der Waals surface area contributed by atoms with Crippen LogP contribution in [0.4, 0.5) is 0 Å². The van der Waals surface area contributed by atoms with Crippen molar-refractivity contribution < 1.29 is 19.5 Å². The minimum atomic E-state index is -0.539. The Kier molecular flexibility index (Phi) is 6.01. The van der Waals surface area contributed by atoms with Crippen molar-refractivity contribution in [2.45, 2.75) is 74.5 Å². The average molecular weight is 412 g/mol. The van der Waals surface area contributed by atoms with E-state index in [0.29, 0.717) is 13.0 Å². The third kappa shape index (κ3) is 3.22. The molecule has 28 heavy (non-hydrogen) atoms. The second kappa shape index (κ2) is 7.86. The van der Waals surface area contributed by atoms with Crippen molar-refractivity contribution in [2.75, 3.05) is 20.2 Å². The first-order chi connectivity index (χ1) is 13.2. The highest BCUT2D eigenvalue weighted by Gasteiger charge is 2.76. The van der Waals surface area contributed by atoms with E-state index in [1.54, 1.807) is 23.7 Å². The van der Waals surface area contributed by atoms with Crippen LogP contribution in [0.25, 0.3) is 0 Å². The van der Waals surface area contributed by atoms with Crippen molar-refractivity contribution in [1.82, 2.24) is 15.5 Å². The fourth-order valence-corrected chi connectivity index (χ4v) is 7.81. The maximum atomic E-state index is 13.5. The predicted molar refractivity (Wildman–Crippen MR) is 109 cm³/mol. The first-order valence-corrected chi connectivity index (χ1v) is 11.2. The third-order valence-corrected chi connectivity index (χ3v) is 8.53. The van der Waals surface area contributed by atoms with Gasteiger partial charge < -0.3 is 20.6 Å². The smallest absolute Gasteiger partial charge is 0.244 e. The van der Waals surface area contributed by atoms with E-state index in [2.05, 4.69) is 17.6 Å². The number of aliphatic hydroxyl groups is 1. The molecule has 3 rings (SSSR count). The zero-order valence-corrected chi connectivity index (χ0v) is 18.1. The molecule has 3 N–H and O–H groups in total. The van der Waals surface area contributed by atoms with Gasteiger partial charge in [-0.2, -0.15) is 0 Å². The lowest BCUT2D eigenvalue weighted by molar-refractivity contribution is -0.140. The Morgan fingerprint density at radius 2 is 1.96 bits per heavy atom. The van der Waals surface area contributed by atoms with E-state index >= 15 is 0 Å². The summed E-state index contributed by atoms with van der Waals surface area (Å²) in [6, 6.07) is -0.550. The van der Waals surface area contributed by atoms with E-state index in [1.807, 2.05) is 13.8 Å². The maximum absolute atomic E-state index is 13.5. The van der Waals surface area contributed by atoms with Gasteiger partial charge in [0.1, 0.15) is 6.04 Å². The summed E-state index contributed by atoms with van der Waals surface area (Å²) >= 11 is 1.69. The van der Waals surface area contributed by atoms with Crippen molar-refractivity contribution in [3.63, 3.8) is 0 Å². The molecule has 3 fully saturated rings. The topological polar surface area (TPSA) is 98.7 Å². The van der Waals surface area contributed by atoms with Crippen LogP contribution in [0.5, 0.6) is 0 Å². The second-order valence-corrected chi connectivity index (χ2v) is 10.7. The molecule has 2 unspecified atom stereocenters. The number of carbonyl (C=O) groups is 3. The van der Waals surface area contributed by atoms with Crippen molar-refractivity contribution in [2.24, 2.45) is 11.8 Å². The molecule has 3 saturated heterocycles. The van der Waals surface area contributed by atoms with E-state index in [9.17, 15) is 14.4 Å². The molecule has 7 nitrogen and oxygen atoms in total. The van der Waals surface area contributed by atoms with Crippen molar-refractivity contribution in [3.05, 3.63) is 0 Å². The average Bonchev–Trinajstić information content (AvgIpc) is 3.19. The monoisotopic (exact) mass is 411 g/mol. The minimum absolute atomic E-state index is 0.0109. The van der Waals surface area contributed by atoms with Crippen LogP contribution < -0.4 is 10.6 Å². The van der Waals surface area contributed by atoms with Gasteiger partial charge in [0.05, 0.1) is 16.6 Å². The zero-order valence-electron chi connectivity index (χ0n) is 17.3. The van der Waals surface area contributed by atoms with E-state index in [0.717, 1.165) is 25.7 Å². The molecule has 0 saturated carbocycles. The van der Waals surface area contributed by atoms with Crippen LogP contribution in [0.2, 0.25) is 0 Å². The van der Waals surface area contributed by atoms with E-state index in [-0.39, 0.29) is 35.1 Å². The third-order valence-electron chi connectivity index (χ3n) is 6.54.